The van der Waals surface area contributed by atoms with E-state index in [4.69, 9.17) is 4.52 Å². The van der Waals surface area contributed by atoms with Crippen molar-refractivity contribution in [3.05, 3.63) is 70.9 Å². The molecule has 4 heterocycles. The molecule has 0 bridgehead atoms. The predicted molar refractivity (Wildman–Crippen MR) is 154 cm³/mol. The number of hydrogen-bond acceptors (Lipinski definition) is 8. The van der Waals surface area contributed by atoms with E-state index in [-0.39, 0.29) is 22.7 Å². The molecule has 0 unspecified atom stereocenters. The Morgan fingerprint density at radius 3 is 2.54 bits per heavy atom. The molecule has 0 saturated heterocycles. The molecule has 12 nitrogen and oxygen atoms in total. The fraction of sp³-hybridized carbons (Fsp3) is 0.286. The topological polar surface area (TPSA) is 145 Å². The van der Waals surface area contributed by atoms with Gasteiger partial charge in [0, 0.05) is 41.7 Å². The molecule has 4 aromatic heterocycles. The third-order valence-electron chi connectivity index (χ3n) is 6.42. The number of nitrogens with zero attached hydrogens (tertiary/aromatic N) is 6. The molecular formula is C28H30FN9O3. The van der Waals surface area contributed by atoms with Gasteiger partial charge in [0.15, 0.2) is 0 Å². The first-order valence-electron chi connectivity index (χ1n) is 12.9. The minimum absolute atomic E-state index is 0.107. The summed E-state index contributed by atoms with van der Waals surface area (Å²) in [6.07, 6.45) is 4.48. The van der Waals surface area contributed by atoms with Crippen LogP contribution in [0.25, 0.3) is 27.8 Å². The van der Waals surface area contributed by atoms with E-state index in [9.17, 15) is 14.0 Å². The lowest BCUT2D eigenvalue weighted by Gasteiger charge is -2.16. The zero-order valence-corrected chi connectivity index (χ0v) is 23.5. The lowest BCUT2D eigenvalue weighted by Crippen LogP contribution is -2.25. The number of pyridine rings is 1. The van der Waals surface area contributed by atoms with Gasteiger partial charge in [-0.15, -0.1) is 0 Å². The van der Waals surface area contributed by atoms with Crippen molar-refractivity contribution in [2.75, 3.05) is 23.0 Å². The Kier molecular flexibility index (Phi) is 7.03. The van der Waals surface area contributed by atoms with E-state index in [1.54, 1.807) is 29.9 Å². The van der Waals surface area contributed by atoms with E-state index >= 15 is 0 Å². The maximum Gasteiger partial charge on any atom is 0.324 e. The normalized spacial score (nSPS) is 11.7. The van der Waals surface area contributed by atoms with Gasteiger partial charge in [-0.3, -0.25) is 14.7 Å². The lowest BCUT2D eigenvalue weighted by molar-refractivity contribution is 0.262. The van der Waals surface area contributed by atoms with Gasteiger partial charge in [-0.05, 0) is 37.6 Å². The van der Waals surface area contributed by atoms with Crippen molar-refractivity contribution in [3.8, 4) is 16.8 Å². The van der Waals surface area contributed by atoms with Crippen LogP contribution in [0.5, 0.6) is 0 Å². The van der Waals surface area contributed by atoms with Crippen molar-refractivity contribution >= 4 is 34.5 Å². The summed E-state index contributed by atoms with van der Waals surface area (Å²) < 4.78 is 22.9. The molecule has 0 aliphatic rings. The number of halogens is 1. The zero-order valence-electron chi connectivity index (χ0n) is 23.5. The number of rotatable bonds is 6. The minimum Gasteiger partial charge on any atom is -0.362 e. The molecule has 212 valence electrons. The number of benzene rings is 1. The molecule has 2 amide bonds. The summed E-state index contributed by atoms with van der Waals surface area (Å²) in [5.74, 6) is 0.0552. The first-order chi connectivity index (χ1) is 19.5. The van der Waals surface area contributed by atoms with Gasteiger partial charge in [-0.1, -0.05) is 32.0 Å². The van der Waals surface area contributed by atoms with Gasteiger partial charge < -0.3 is 15.2 Å². The molecule has 3 N–H and O–H groups in total. The Labute approximate surface area is 234 Å². The van der Waals surface area contributed by atoms with Crippen molar-refractivity contribution in [2.45, 2.75) is 46.1 Å². The second-order valence-corrected chi connectivity index (χ2v) is 10.8. The summed E-state index contributed by atoms with van der Waals surface area (Å²) in [4.78, 5) is 35.4. The van der Waals surface area contributed by atoms with E-state index < -0.39 is 11.8 Å². The highest BCUT2D eigenvalue weighted by atomic mass is 19.1. The summed E-state index contributed by atoms with van der Waals surface area (Å²) in [6, 6.07) is 6.59. The smallest absolute Gasteiger partial charge is 0.324 e. The van der Waals surface area contributed by atoms with Crippen LogP contribution in [0.3, 0.4) is 0 Å². The van der Waals surface area contributed by atoms with E-state index in [0.29, 0.717) is 45.3 Å². The highest BCUT2D eigenvalue weighted by molar-refractivity contribution is 6.00. The van der Waals surface area contributed by atoms with Crippen LogP contribution < -0.4 is 21.5 Å². The Hall–Kier alpha value is -5.07. The molecule has 0 aliphatic carbocycles. The van der Waals surface area contributed by atoms with E-state index in [1.165, 1.54) is 35.3 Å². The standard InChI is InChI=1S/C28H30FN9O3/c1-15(2)37-24-17(12-31-26(30-6)35-24)9-19(25(37)39)16-7-8-20(29)21(10-16)33-27(40)34-23-11-22(28(3,4)5)36-38(23)18-13-32-41-14-18/h7-15H,1-6H3,(H,30,31,35)(H2,33,34,40). The first-order valence-corrected chi connectivity index (χ1v) is 12.9. The molecule has 41 heavy (non-hydrogen) atoms. The molecule has 0 spiro atoms. The van der Waals surface area contributed by atoms with Crippen LogP contribution in [0.15, 0.2) is 58.3 Å². The van der Waals surface area contributed by atoms with Crippen LogP contribution in [0.1, 0.15) is 46.4 Å². The van der Waals surface area contributed by atoms with E-state index in [2.05, 4.69) is 36.2 Å². The van der Waals surface area contributed by atoms with Crippen LogP contribution in [0, 0.1) is 5.82 Å². The molecule has 0 fully saturated rings. The molecular weight excluding hydrogens is 529 g/mol. The number of anilines is 3. The quantitative estimate of drug-likeness (QED) is 0.253. The van der Waals surface area contributed by atoms with Crippen molar-refractivity contribution in [1.29, 1.82) is 0 Å². The number of urea groups is 1. The Bertz CT molecular complexity index is 1800. The summed E-state index contributed by atoms with van der Waals surface area (Å²) >= 11 is 0. The number of amides is 2. The predicted octanol–water partition coefficient (Wildman–Crippen LogP) is 5.34. The van der Waals surface area contributed by atoms with Crippen LogP contribution in [-0.4, -0.2) is 42.6 Å². The fourth-order valence-electron chi connectivity index (χ4n) is 4.32. The van der Waals surface area contributed by atoms with Crippen LogP contribution in [0.4, 0.5) is 26.6 Å². The molecule has 0 saturated carbocycles. The summed E-state index contributed by atoms with van der Waals surface area (Å²) in [7, 11) is 1.70. The van der Waals surface area contributed by atoms with Gasteiger partial charge in [-0.25, -0.2) is 18.9 Å². The number of carbonyl (C=O) groups is 1. The average Bonchev–Trinajstić information content (AvgIpc) is 3.59. The molecule has 5 rings (SSSR count). The van der Waals surface area contributed by atoms with Crippen molar-refractivity contribution < 1.29 is 13.7 Å². The zero-order chi connectivity index (χ0) is 29.5. The summed E-state index contributed by atoms with van der Waals surface area (Å²) in [5, 5.41) is 17.1. The molecule has 13 heteroatoms. The molecule has 0 atom stereocenters. The maximum absolute atomic E-state index is 14.9. The minimum atomic E-state index is -0.704. The molecule has 5 aromatic rings. The summed E-state index contributed by atoms with van der Waals surface area (Å²) in [6.45, 7) is 9.73. The Balaban J connectivity index is 1.49. The first kappa shape index (κ1) is 27.5. The van der Waals surface area contributed by atoms with Gasteiger partial charge in [0.2, 0.25) is 5.95 Å². The van der Waals surface area contributed by atoms with Crippen molar-refractivity contribution in [3.63, 3.8) is 0 Å². The van der Waals surface area contributed by atoms with Crippen molar-refractivity contribution in [1.82, 2.24) is 29.5 Å². The molecule has 0 aliphatic heterocycles. The monoisotopic (exact) mass is 559 g/mol. The molecule has 0 radical (unpaired) electrons. The van der Waals surface area contributed by atoms with Crippen LogP contribution in [-0.2, 0) is 5.41 Å². The number of fused-ring (bicyclic) bond motifs is 1. The van der Waals surface area contributed by atoms with Crippen LogP contribution >= 0.6 is 0 Å². The largest absolute Gasteiger partial charge is 0.362 e. The highest BCUT2D eigenvalue weighted by Crippen LogP contribution is 2.28. The van der Waals surface area contributed by atoms with Crippen molar-refractivity contribution in [2.24, 2.45) is 0 Å². The van der Waals surface area contributed by atoms with Crippen LogP contribution in [0.2, 0.25) is 0 Å². The Morgan fingerprint density at radius 1 is 1.10 bits per heavy atom. The number of aromatic nitrogens is 6. The number of nitrogens with one attached hydrogen (secondary N) is 3. The Morgan fingerprint density at radius 2 is 1.88 bits per heavy atom. The van der Waals surface area contributed by atoms with Gasteiger partial charge >= 0.3 is 6.03 Å². The average molecular weight is 560 g/mol. The van der Waals surface area contributed by atoms with Gasteiger partial charge in [0.1, 0.15) is 29.2 Å². The molecule has 1 aromatic carbocycles. The van der Waals surface area contributed by atoms with E-state index in [1.807, 2.05) is 34.6 Å². The third kappa shape index (κ3) is 5.38. The lowest BCUT2D eigenvalue weighted by atomic mass is 9.92. The third-order valence-corrected chi connectivity index (χ3v) is 6.42. The number of hydrogen-bond donors (Lipinski definition) is 3. The maximum atomic E-state index is 14.9. The SMILES string of the molecule is CNc1ncc2cc(-c3ccc(F)c(NC(=O)Nc4cc(C(C)(C)C)nn4-c4cnoc4)c3)c(=O)n(C(C)C)c2n1. The van der Waals surface area contributed by atoms with Gasteiger partial charge in [0.05, 0.1) is 17.6 Å². The highest BCUT2D eigenvalue weighted by Gasteiger charge is 2.23. The number of carbonyl (C=O) groups excluding carboxylic acids is 1. The second kappa shape index (κ2) is 10.5. The fourth-order valence-corrected chi connectivity index (χ4v) is 4.32. The summed E-state index contributed by atoms with van der Waals surface area (Å²) in [5.41, 5.74) is 1.72. The van der Waals surface area contributed by atoms with Gasteiger partial charge in [-0.2, -0.15) is 10.1 Å². The van der Waals surface area contributed by atoms with E-state index in [0.717, 1.165) is 0 Å². The second-order valence-electron chi connectivity index (χ2n) is 10.8. The van der Waals surface area contributed by atoms with Gasteiger partial charge in [0.25, 0.3) is 5.56 Å².